The number of anilines is 1. The van der Waals surface area contributed by atoms with Gasteiger partial charge in [0.1, 0.15) is 11.5 Å². The molecule has 1 aromatic heterocycles. The van der Waals surface area contributed by atoms with Gasteiger partial charge in [0, 0.05) is 23.3 Å². The number of para-hydroxylation sites is 1. The maximum absolute atomic E-state index is 12.7. The fourth-order valence-corrected chi connectivity index (χ4v) is 3.84. The van der Waals surface area contributed by atoms with Gasteiger partial charge in [-0.15, -0.1) is 0 Å². The van der Waals surface area contributed by atoms with Crippen LogP contribution in [0, 0.1) is 13.8 Å². The Morgan fingerprint density at radius 1 is 0.730 bits per heavy atom. The minimum atomic E-state index is -0.680. The molecule has 0 aliphatic carbocycles. The van der Waals surface area contributed by atoms with Crippen LogP contribution in [0.2, 0.25) is 0 Å². The molecule has 9 nitrogen and oxygen atoms in total. The number of hydrogen-bond donors (Lipinski definition) is 1. The molecule has 0 spiro atoms. The van der Waals surface area contributed by atoms with E-state index in [9.17, 15) is 4.79 Å². The first-order chi connectivity index (χ1) is 17.9. The van der Waals surface area contributed by atoms with Crippen LogP contribution in [0.3, 0.4) is 0 Å². The molecular weight excluding hydrogens is 476 g/mol. The molecule has 0 atom stereocenters. The summed E-state index contributed by atoms with van der Waals surface area (Å²) in [5, 5.41) is 3.55. The number of amides is 1. The van der Waals surface area contributed by atoms with Crippen LogP contribution in [0.15, 0.2) is 54.7 Å². The fourth-order valence-electron chi connectivity index (χ4n) is 3.84. The lowest BCUT2D eigenvalue weighted by Crippen LogP contribution is -2.18. The van der Waals surface area contributed by atoms with Gasteiger partial charge < -0.3 is 28.4 Å². The van der Waals surface area contributed by atoms with Gasteiger partial charge in [0.2, 0.25) is 5.75 Å². The molecule has 3 aromatic carbocycles. The van der Waals surface area contributed by atoms with E-state index in [1.807, 2.05) is 19.9 Å². The van der Waals surface area contributed by atoms with Crippen molar-refractivity contribution < 1.29 is 33.2 Å². The monoisotopic (exact) mass is 504 g/mol. The highest BCUT2D eigenvalue weighted by Gasteiger charge is 2.18. The van der Waals surface area contributed by atoms with Crippen LogP contribution in [0.4, 0.5) is 10.5 Å². The maximum Gasteiger partial charge on any atom is 0.417 e. The highest BCUT2D eigenvalue weighted by molar-refractivity contribution is 5.90. The fraction of sp³-hybridized carbons (Fsp3) is 0.214. The van der Waals surface area contributed by atoms with Crippen molar-refractivity contribution in [2.75, 3.05) is 33.8 Å². The van der Waals surface area contributed by atoms with Crippen molar-refractivity contribution >= 4 is 22.7 Å². The van der Waals surface area contributed by atoms with Gasteiger partial charge in [-0.2, -0.15) is 0 Å². The van der Waals surface area contributed by atoms with Crippen LogP contribution >= 0.6 is 0 Å². The summed E-state index contributed by atoms with van der Waals surface area (Å²) in [4.78, 5) is 17.1. The lowest BCUT2D eigenvalue weighted by Gasteiger charge is -2.17. The van der Waals surface area contributed by atoms with E-state index in [2.05, 4.69) is 10.3 Å². The van der Waals surface area contributed by atoms with Crippen molar-refractivity contribution in [3.8, 4) is 40.2 Å². The van der Waals surface area contributed by atoms with E-state index in [1.54, 1.807) is 62.9 Å². The van der Waals surface area contributed by atoms with Crippen molar-refractivity contribution in [3.05, 3.63) is 65.9 Å². The van der Waals surface area contributed by atoms with Gasteiger partial charge in [-0.3, -0.25) is 10.3 Å². The Hall–Kier alpha value is -4.66. The second-order valence-electron chi connectivity index (χ2n) is 8.00. The second kappa shape index (κ2) is 10.9. The van der Waals surface area contributed by atoms with E-state index < -0.39 is 6.09 Å². The summed E-state index contributed by atoms with van der Waals surface area (Å²) in [6.07, 6.45) is 0.990. The summed E-state index contributed by atoms with van der Waals surface area (Å²) in [5.74, 6) is 3.35. The Balaban J connectivity index is 1.58. The number of aromatic nitrogens is 1. The zero-order valence-electron chi connectivity index (χ0n) is 21.5. The largest absolute Gasteiger partial charge is 0.493 e. The molecule has 192 valence electrons. The third-order valence-electron chi connectivity index (χ3n) is 5.98. The van der Waals surface area contributed by atoms with Crippen molar-refractivity contribution in [3.63, 3.8) is 0 Å². The standard InChI is InChI=1S/C28H28N2O7/c1-16-17(2)21(36-22-12-13-29-20-15-26(35-6)25(34-5)14-18(20)22)11-10-19(16)30-28(31)37-27-23(32-3)8-7-9-24(27)33-4/h7-15H,1-6H3,(H,30,31). The predicted molar refractivity (Wildman–Crippen MR) is 140 cm³/mol. The molecule has 0 saturated heterocycles. The molecule has 4 rings (SSSR count). The van der Waals surface area contributed by atoms with Crippen LogP contribution in [-0.2, 0) is 0 Å². The van der Waals surface area contributed by atoms with E-state index in [0.717, 1.165) is 16.5 Å². The van der Waals surface area contributed by atoms with Crippen LogP contribution in [0.5, 0.6) is 40.2 Å². The Bertz CT molecular complexity index is 1430. The highest BCUT2D eigenvalue weighted by atomic mass is 16.6. The first-order valence-corrected chi connectivity index (χ1v) is 11.4. The van der Waals surface area contributed by atoms with Crippen LogP contribution < -0.4 is 33.7 Å². The Labute approximate surface area is 214 Å². The molecule has 0 radical (unpaired) electrons. The molecule has 0 aliphatic heterocycles. The third kappa shape index (κ3) is 5.16. The third-order valence-corrected chi connectivity index (χ3v) is 5.98. The van der Waals surface area contributed by atoms with Gasteiger partial charge in [-0.1, -0.05) is 6.07 Å². The van der Waals surface area contributed by atoms with Crippen molar-refractivity contribution in [1.29, 1.82) is 0 Å². The number of benzene rings is 3. The first-order valence-electron chi connectivity index (χ1n) is 11.4. The lowest BCUT2D eigenvalue weighted by molar-refractivity contribution is 0.210. The van der Waals surface area contributed by atoms with E-state index in [1.165, 1.54) is 14.2 Å². The number of fused-ring (bicyclic) bond motifs is 1. The summed E-state index contributed by atoms with van der Waals surface area (Å²) in [6, 6.07) is 14.1. The number of carbonyl (C=O) groups excluding carboxylic acids is 1. The summed E-state index contributed by atoms with van der Waals surface area (Å²) in [6.45, 7) is 3.80. The average molecular weight is 505 g/mol. The van der Waals surface area contributed by atoms with Gasteiger partial charge in [-0.05, 0) is 61.4 Å². The Morgan fingerprint density at radius 3 is 2.03 bits per heavy atom. The highest BCUT2D eigenvalue weighted by Crippen LogP contribution is 2.39. The molecule has 0 aliphatic rings. The van der Waals surface area contributed by atoms with Gasteiger partial charge >= 0.3 is 6.09 Å². The number of pyridine rings is 1. The quantitative estimate of drug-likeness (QED) is 0.299. The molecule has 1 N–H and O–H groups in total. The number of rotatable bonds is 8. The van der Waals surface area contributed by atoms with E-state index in [4.69, 9.17) is 28.4 Å². The minimum absolute atomic E-state index is 0.191. The predicted octanol–water partition coefficient (Wildman–Crippen LogP) is 6.29. The summed E-state index contributed by atoms with van der Waals surface area (Å²) in [7, 11) is 6.14. The molecule has 1 heterocycles. The van der Waals surface area contributed by atoms with Crippen LogP contribution in [-0.4, -0.2) is 39.5 Å². The normalized spacial score (nSPS) is 10.5. The number of carbonyl (C=O) groups is 1. The maximum atomic E-state index is 12.7. The second-order valence-corrected chi connectivity index (χ2v) is 8.00. The van der Waals surface area contributed by atoms with Crippen molar-refractivity contribution in [1.82, 2.24) is 4.98 Å². The number of nitrogens with one attached hydrogen (secondary N) is 1. The number of methoxy groups -OCH3 is 4. The molecule has 0 unspecified atom stereocenters. The zero-order valence-corrected chi connectivity index (χ0v) is 21.5. The van der Waals surface area contributed by atoms with E-state index in [-0.39, 0.29) is 5.75 Å². The van der Waals surface area contributed by atoms with E-state index >= 15 is 0 Å². The molecular formula is C28H28N2O7. The smallest absolute Gasteiger partial charge is 0.417 e. The number of ether oxygens (including phenoxy) is 6. The van der Waals surface area contributed by atoms with Gasteiger partial charge in [0.05, 0.1) is 34.0 Å². The molecule has 0 bridgehead atoms. The van der Waals surface area contributed by atoms with Crippen LogP contribution in [0.1, 0.15) is 11.1 Å². The number of hydrogen-bond acceptors (Lipinski definition) is 8. The van der Waals surface area contributed by atoms with Crippen LogP contribution in [0.25, 0.3) is 10.9 Å². The topological polar surface area (TPSA) is 97.4 Å². The van der Waals surface area contributed by atoms with E-state index in [0.29, 0.717) is 45.7 Å². The first kappa shape index (κ1) is 25.4. The number of nitrogens with zero attached hydrogens (tertiary/aromatic N) is 1. The van der Waals surface area contributed by atoms with Crippen molar-refractivity contribution in [2.45, 2.75) is 13.8 Å². The molecule has 37 heavy (non-hydrogen) atoms. The Kier molecular flexibility index (Phi) is 7.52. The molecule has 9 heteroatoms. The van der Waals surface area contributed by atoms with Gasteiger partial charge in [0.15, 0.2) is 23.0 Å². The molecule has 4 aromatic rings. The molecule has 1 amide bonds. The molecule has 0 saturated carbocycles. The average Bonchev–Trinajstić information content (AvgIpc) is 2.92. The van der Waals surface area contributed by atoms with Gasteiger partial charge in [-0.25, -0.2) is 4.79 Å². The minimum Gasteiger partial charge on any atom is -0.493 e. The summed E-state index contributed by atoms with van der Waals surface area (Å²) >= 11 is 0. The van der Waals surface area contributed by atoms with Crippen molar-refractivity contribution in [2.24, 2.45) is 0 Å². The molecule has 0 fully saturated rings. The lowest BCUT2D eigenvalue weighted by atomic mass is 10.1. The SMILES string of the molecule is COc1cc2nccc(Oc3ccc(NC(=O)Oc4c(OC)cccc4OC)c(C)c3C)c2cc1OC. The summed E-state index contributed by atoms with van der Waals surface area (Å²) < 4.78 is 33.2. The summed E-state index contributed by atoms with van der Waals surface area (Å²) in [5.41, 5.74) is 2.95. The zero-order chi connectivity index (χ0) is 26.5. The Morgan fingerprint density at radius 2 is 1.38 bits per heavy atom. The van der Waals surface area contributed by atoms with Gasteiger partial charge in [0.25, 0.3) is 0 Å².